The van der Waals surface area contributed by atoms with Gasteiger partial charge in [-0.05, 0) is 49.7 Å². The molecule has 0 bridgehead atoms. The van der Waals surface area contributed by atoms with Gasteiger partial charge in [-0.25, -0.2) is 9.97 Å². The highest BCUT2D eigenvalue weighted by atomic mass is 35.5. The summed E-state index contributed by atoms with van der Waals surface area (Å²) in [6, 6.07) is 18.6. The molecule has 5 heteroatoms. The van der Waals surface area contributed by atoms with Gasteiger partial charge in [0.25, 0.3) is 0 Å². The van der Waals surface area contributed by atoms with Gasteiger partial charge in [0.1, 0.15) is 10.1 Å². The maximum atomic E-state index is 6.10. The summed E-state index contributed by atoms with van der Waals surface area (Å²) in [5, 5.41) is 1.98. The predicted molar refractivity (Wildman–Crippen MR) is 97.6 cm³/mol. The molecule has 0 aliphatic carbocycles. The summed E-state index contributed by atoms with van der Waals surface area (Å²) in [4.78, 5) is 10.9. The van der Waals surface area contributed by atoms with Gasteiger partial charge in [-0.15, -0.1) is 0 Å². The van der Waals surface area contributed by atoms with Gasteiger partial charge < -0.3 is 0 Å². The molecule has 0 atom stereocenters. The molecule has 0 aliphatic rings. The molecule has 1 aromatic heterocycles. The van der Waals surface area contributed by atoms with E-state index < -0.39 is 0 Å². The predicted octanol–water partition coefficient (Wildman–Crippen LogP) is 6.05. The Hall–Kier alpha value is -1.49. The molecule has 2 aromatic carbocycles. The van der Waals surface area contributed by atoms with Gasteiger partial charge in [-0.1, -0.05) is 58.9 Å². The molecule has 0 saturated heterocycles. The largest absolute Gasteiger partial charge is 0.224 e. The summed E-state index contributed by atoms with van der Waals surface area (Å²) in [7, 11) is 0. The second-order valence-corrected chi connectivity index (χ2v) is 7.68. The molecule has 0 radical (unpaired) electrons. The van der Waals surface area contributed by atoms with Gasteiger partial charge in [0, 0.05) is 15.9 Å². The van der Waals surface area contributed by atoms with Crippen molar-refractivity contribution in [2.24, 2.45) is 0 Å². The third kappa shape index (κ3) is 4.74. The van der Waals surface area contributed by atoms with Crippen LogP contribution in [0.15, 0.2) is 74.4 Å². The number of rotatable bonds is 4. The van der Waals surface area contributed by atoms with Crippen LogP contribution < -0.4 is 0 Å². The minimum Gasteiger partial charge on any atom is -0.211 e. The number of nitrogens with zero attached hydrogens (tertiary/aromatic N) is 2. The summed E-state index contributed by atoms with van der Waals surface area (Å²) in [5.41, 5.74) is 2.45. The fourth-order valence-electron chi connectivity index (χ4n) is 2.08. The third-order valence-corrected chi connectivity index (χ3v) is 5.06. The molecule has 3 rings (SSSR count). The van der Waals surface area contributed by atoms with E-state index >= 15 is 0 Å². The van der Waals surface area contributed by atoms with E-state index in [9.17, 15) is 0 Å². The van der Waals surface area contributed by atoms with Crippen molar-refractivity contribution in [3.63, 3.8) is 0 Å². The maximum absolute atomic E-state index is 6.10. The Morgan fingerprint density at radius 1 is 0.739 bits per heavy atom. The van der Waals surface area contributed by atoms with Crippen LogP contribution in [0.2, 0.25) is 5.28 Å². The Morgan fingerprint density at radius 3 is 1.65 bits per heavy atom. The molecule has 0 aliphatic heterocycles. The molecule has 0 unspecified atom stereocenters. The standard InChI is InChI=1S/C18H15ClN2S2/c1-12-5-3-7-14(9-12)22-16-11-17(21-18(19)20-16)23-15-8-4-6-13(2)10-15/h3-11H,1-2H3. The Morgan fingerprint density at radius 2 is 1.22 bits per heavy atom. The lowest BCUT2D eigenvalue weighted by atomic mass is 10.2. The maximum Gasteiger partial charge on any atom is 0.224 e. The molecular formula is C18H15ClN2S2. The first-order valence-electron chi connectivity index (χ1n) is 7.12. The lowest BCUT2D eigenvalue weighted by molar-refractivity contribution is 0.963. The summed E-state index contributed by atoms with van der Waals surface area (Å²) in [6.45, 7) is 4.16. The fourth-order valence-corrected chi connectivity index (χ4v) is 4.31. The molecule has 116 valence electrons. The molecule has 23 heavy (non-hydrogen) atoms. The van der Waals surface area contributed by atoms with Crippen LogP contribution in [0.3, 0.4) is 0 Å². The Labute approximate surface area is 149 Å². The number of halogens is 1. The number of hydrogen-bond acceptors (Lipinski definition) is 4. The zero-order valence-corrected chi connectivity index (χ0v) is 15.2. The van der Waals surface area contributed by atoms with Crippen LogP contribution >= 0.6 is 35.1 Å². The highest BCUT2D eigenvalue weighted by Crippen LogP contribution is 2.32. The van der Waals surface area contributed by atoms with E-state index in [2.05, 4.69) is 60.2 Å². The monoisotopic (exact) mass is 358 g/mol. The number of aromatic nitrogens is 2. The van der Waals surface area contributed by atoms with Crippen LogP contribution in [-0.4, -0.2) is 9.97 Å². The van der Waals surface area contributed by atoms with E-state index in [-0.39, 0.29) is 5.28 Å². The zero-order chi connectivity index (χ0) is 16.2. The summed E-state index contributed by atoms with van der Waals surface area (Å²) >= 11 is 9.29. The Bertz CT molecular complexity index is 771. The van der Waals surface area contributed by atoms with Crippen molar-refractivity contribution in [3.8, 4) is 0 Å². The molecule has 2 nitrogen and oxygen atoms in total. The molecule has 0 N–H and O–H groups in total. The first kappa shape index (κ1) is 16.4. The van der Waals surface area contributed by atoms with E-state index in [0.29, 0.717) is 0 Å². The number of aryl methyl sites for hydroxylation is 2. The SMILES string of the molecule is Cc1cccc(Sc2cc(Sc3cccc(C)c3)nc(Cl)n2)c1. The Balaban J connectivity index is 1.84. The van der Waals surface area contributed by atoms with Crippen LogP contribution in [0, 0.1) is 13.8 Å². The van der Waals surface area contributed by atoms with Crippen LogP contribution in [0.5, 0.6) is 0 Å². The van der Waals surface area contributed by atoms with Crippen LogP contribution in [0.1, 0.15) is 11.1 Å². The summed E-state index contributed by atoms with van der Waals surface area (Å²) in [5.74, 6) is 0. The van der Waals surface area contributed by atoms with Crippen molar-refractivity contribution in [2.45, 2.75) is 33.7 Å². The van der Waals surface area contributed by atoms with Crippen LogP contribution in [-0.2, 0) is 0 Å². The molecular weight excluding hydrogens is 344 g/mol. The highest BCUT2D eigenvalue weighted by molar-refractivity contribution is 8.00. The van der Waals surface area contributed by atoms with Crippen molar-refractivity contribution >= 4 is 35.1 Å². The van der Waals surface area contributed by atoms with E-state index in [0.717, 1.165) is 19.8 Å². The van der Waals surface area contributed by atoms with Crippen molar-refractivity contribution in [1.82, 2.24) is 9.97 Å². The summed E-state index contributed by atoms with van der Waals surface area (Å²) < 4.78 is 0. The second-order valence-electron chi connectivity index (χ2n) is 5.15. The van der Waals surface area contributed by atoms with Crippen molar-refractivity contribution in [3.05, 3.63) is 71.0 Å². The van der Waals surface area contributed by atoms with Gasteiger partial charge in [-0.2, -0.15) is 0 Å². The lowest BCUT2D eigenvalue weighted by Gasteiger charge is -2.06. The topological polar surface area (TPSA) is 25.8 Å². The van der Waals surface area contributed by atoms with Gasteiger partial charge in [-0.3, -0.25) is 0 Å². The van der Waals surface area contributed by atoms with Crippen LogP contribution in [0.25, 0.3) is 0 Å². The van der Waals surface area contributed by atoms with E-state index in [4.69, 9.17) is 11.6 Å². The van der Waals surface area contributed by atoms with Crippen molar-refractivity contribution in [1.29, 1.82) is 0 Å². The van der Waals surface area contributed by atoms with Gasteiger partial charge in [0.2, 0.25) is 5.28 Å². The minimum atomic E-state index is 0.276. The van der Waals surface area contributed by atoms with E-state index in [1.54, 1.807) is 23.5 Å². The van der Waals surface area contributed by atoms with Crippen molar-refractivity contribution < 1.29 is 0 Å². The van der Waals surface area contributed by atoms with Gasteiger partial charge in [0.05, 0.1) is 0 Å². The van der Waals surface area contributed by atoms with Crippen molar-refractivity contribution in [2.75, 3.05) is 0 Å². The Kier molecular flexibility index (Phi) is 5.26. The fraction of sp³-hybridized carbons (Fsp3) is 0.111. The number of benzene rings is 2. The zero-order valence-electron chi connectivity index (χ0n) is 12.8. The van der Waals surface area contributed by atoms with Gasteiger partial charge in [0.15, 0.2) is 0 Å². The van der Waals surface area contributed by atoms with Crippen LogP contribution in [0.4, 0.5) is 0 Å². The average molecular weight is 359 g/mol. The molecule has 0 amide bonds. The first-order valence-corrected chi connectivity index (χ1v) is 9.13. The van der Waals surface area contributed by atoms with E-state index in [1.165, 1.54) is 11.1 Å². The van der Waals surface area contributed by atoms with Gasteiger partial charge >= 0.3 is 0 Å². The summed E-state index contributed by atoms with van der Waals surface area (Å²) in [6.07, 6.45) is 0. The average Bonchev–Trinajstić information content (AvgIpc) is 2.46. The normalized spacial score (nSPS) is 10.7. The van der Waals surface area contributed by atoms with E-state index in [1.807, 2.05) is 18.2 Å². The smallest absolute Gasteiger partial charge is 0.211 e. The molecule has 0 fully saturated rings. The molecule has 3 aromatic rings. The molecule has 1 heterocycles. The quantitative estimate of drug-likeness (QED) is 0.419. The lowest BCUT2D eigenvalue weighted by Crippen LogP contribution is -1.89. The third-order valence-electron chi connectivity index (χ3n) is 3.08. The second kappa shape index (κ2) is 7.39. The minimum absolute atomic E-state index is 0.276. The number of hydrogen-bond donors (Lipinski definition) is 0. The molecule has 0 spiro atoms. The first-order chi connectivity index (χ1) is 11.1. The molecule has 0 saturated carbocycles. The highest BCUT2D eigenvalue weighted by Gasteiger charge is 2.07.